The maximum atomic E-state index is 12.8. The highest BCUT2D eigenvalue weighted by Gasteiger charge is 2.63. The molecule has 4 nitrogen and oxygen atoms in total. The number of ether oxygens (including phenoxy) is 1. The molecule has 1 N–H and O–H groups in total. The Bertz CT molecular complexity index is 853. The number of hydrogen-bond acceptors (Lipinski definition) is 4. The van der Waals surface area contributed by atoms with Gasteiger partial charge in [0.1, 0.15) is 0 Å². The lowest BCUT2D eigenvalue weighted by Crippen LogP contribution is -2.54. The van der Waals surface area contributed by atoms with Crippen LogP contribution in [0.3, 0.4) is 0 Å². The van der Waals surface area contributed by atoms with Gasteiger partial charge in [-0.3, -0.25) is 4.90 Å². The van der Waals surface area contributed by atoms with Crippen LogP contribution in [-0.4, -0.2) is 37.1 Å². The summed E-state index contributed by atoms with van der Waals surface area (Å²) in [6.07, 6.45) is 5.98. The molecule has 0 unspecified atom stereocenters. The first-order valence-electron chi connectivity index (χ1n) is 8.98. The van der Waals surface area contributed by atoms with Crippen molar-refractivity contribution in [3.05, 3.63) is 65.4 Å². The van der Waals surface area contributed by atoms with Gasteiger partial charge in [-0.1, -0.05) is 36.9 Å². The van der Waals surface area contributed by atoms with Gasteiger partial charge in [-0.15, -0.1) is 0 Å². The lowest BCUT2D eigenvalue weighted by molar-refractivity contribution is -0.137. The van der Waals surface area contributed by atoms with Crippen LogP contribution in [0.1, 0.15) is 18.4 Å². The van der Waals surface area contributed by atoms with E-state index in [2.05, 4.69) is 47.1 Å². The molecule has 0 aromatic heterocycles. The highest BCUT2D eigenvalue weighted by atomic mass is 16.5. The first-order chi connectivity index (χ1) is 12.2. The zero-order valence-corrected chi connectivity index (χ0v) is 14.4. The van der Waals surface area contributed by atoms with E-state index in [1.807, 2.05) is 6.08 Å². The lowest BCUT2D eigenvalue weighted by atomic mass is 9.60. The van der Waals surface area contributed by atoms with Gasteiger partial charge in [0.15, 0.2) is 0 Å². The number of piperidine rings is 1. The minimum atomic E-state index is -0.201. The van der Waals surface area contributed by atoms with Crippen LogP contribution in [0, 0.1) is 5.92 Å². The summed E-state index contributed by atoms with van der Waals surface area (Å²) in [6.45, 7) is 6.01. The molecule has 1 aromatic rings. The number of anilines is 1. The van der Waals surface area contributed by atoms with Gasteiger partial charge in [0, 0.05) is 29.9 Å². The normalized spacial score (nSPS) is 33.7. The Morgan fingerprint density at radius 1 is 1.40 bits per heavy atom. The summed E-state index contributed by atoms with van der Waals surface area (Å²) in [6, 6.07) is 8.80. The Kier molecular flexibility index (Phi) is 3.04. The second-order valence-corrected chi connectivity index (χ2v) is 7.35. The van der Waals surface area contributed by atoms with Crippen molar-refractivity contribution in [2.24, 2.45) is 5.92 Å². The van der Waals surface area contributed by atoms with E-state index in [4.69, 9.17) is 4.74 Å². The highest BCUT2D eigenvalue weighted by Crippen LogP contribution is 2.62. The van der Waals surface area contributed by atoms with Gasteiger partial charge in [0.2, 0.25) is 0 Å². The van der Waals surface area contributed by atoms with E-state index in [0.29, 0.717) is 6.04 Å². The number of fused-ring (bicyclic) bond motifs is 2. The third kappa shape index (κ3) is 1.68. The van der Waals surface area contributed by atoms with Crippen LogP contribution in [0.4, 0.5) is 5.69 Å². The molecule has 3 atom stereocenters. The standard InChI is InChI=1S/C21H22N2O2/c1-3-6-14-13-9-11-23-12-10-21(19(14)23)15-7-4-5-8-16(15)22-18(21)17(13)20(24)25-2/h3-8,13,19,22H,1,9-12H2,2H3/b14-6+/t13-,19+,21+/m0/s1. The number of rotatable bonds is 2. The van der Waals surface area contributed by atoms with E-state index in [1.54, 1.807) is 0 Å². The minimum absolute atomic E-state index is 0.120. The van der Waals surface area contributed by atoms with Crippen molar-refractivity contribution in [2.45, 2.75) is 24.3 Å². The first kappa shape index (κ1) is 15.0. The first-order valence-corrected chi connectivity index (χ1v) is 8.98. The molecular formula is C21H22N2O2. The topological polar surface area (TPSA) is 41.6 Å². The summed E-state index contributed by atoms with van der Waals surface area (Å²) >= 11 is 0. The fraction of sp³-hybridized carbons (Fsp3) is 0.381. The number of methoxy groups -OCH3 is 1. The summed E-state index contributed by atoms with van der Waals surface area (Å²) in [5, 5.41) is 3.61. The largest absolute Gasteiger partial charge is 0.466 e. The Balaban J connectivity index is 1.86. The van der Waals surface area contributed by atoms with E-state index >= 15 is 0 Å². The van der Waals surface area contributed by atoms with Crippen molar-refractivity contribution in [3.63, 3.8) is 0 Å². The second-order valence-electron chi connectivity index (χ2n) is 7.35. The molecule has 1 spiro atoms. The van der Waals surface area contributed by atoms with Gasteiger partial charge >= 0.3 is 5.97 Å². The van der Waals surface area contributed by atoms with E-state index in [-0.39, 0.29) is 17.3 Å². The monoisotopic (exact) mass is 334 g/mol. The molecule has 5 rings (SSSR count). The van der Waals surface area contributed by atoms with E-state index in [9.17, 15) is 4.79 Å². The molecule has 25 heavy (non-hydrogen) atoms. The predicted molar refractivity (Wildman–Crippen MR) is 97.1 cm³/mol. The molecule has 4 aliphatic rings. The number of nitrogens with zero attached hydrogens (tertiary/aromatic N) is 1. The molecule has 2 bridgehead atoms. The van der Waals surface area contributed by atoms with Crippen LogP contribution in [0.25, 0.3) is 0 Å². The molecule has 0 saturated carbocycles. The van der Waals surface area contributed by atoms with Crippen molar-refractivity contribution in [2.75, 3.05) is 25.5 Å². The number of allylic oxidation sites excluding steroid dienone is 2. The molecule has 1 aromatic carbocycles. The van der Waals surface area contributed by atoms with Gasteiger partial charge in [0.05, 0.1) is 18.1 Å². The molecule has 1 aliphatic carbocycles. The van der Waals surface area contributed by atoms with E-state index in [0.717, 1.165) is 42.9 Å². The number of hydrogen-bond donors (Lipinski definition) is 1. The molecule has 3 heterocycles. The van der Waals surface area contributed by atoms with E-state index < -0.39 is 0 Å². The molecule has 0 amide bonds. The van der Waals surface area contributed by atoms with Gasteiger partial charge < -0.3 is 10.1 Å². The Morgan fingerprint density at radius 3 is 3.04 bits per heavy atom. The summed E-state index contributed by atoms with van der Waals surface area (Å²) < 4.78 is 5.21. The van der Waals surface area contributed by atoms with Crippen LogP contribution < -0.4 is 5.32 Å². The average molecular weight is 334 g/mol. The molecular weight excluding hydrogens is 312 g/mol. The maximum absolute atomic E-state index is 12.8. The average Bonchev–Trinajstić information content (AvgIpc) is 3.19. The van der Waals surface area contributed by atoms with Crippen LogP contribution >= 0.6 is 0 Å². The zero-order valence-electron chi connectivity index (χ0n) is 14.4. The number of para-hydroxylation sites is 1. The summed E-state index contributed by atoms with van der Waals surface area (Å²) in [5.74, 6) is -0.0804. The van der Waals surface area contributed by atoms with Gasteiger partial charge in [-0.2, -0.15) is 0 Å². The minimum Gasteiger partial charge on any atom is -0.466 e. The molecule has 3 aliphatic heterocycles. The second kappa shape index (κ2) is 5.09. The fourth-order valence-electron chi connectivity index (χ4n) is 5.68. The van der Waals surface area contributed by atoms with Crippen molar-refractivity contribution >= 4 is 11.7 Å². The smallest absolute Gasteiger partial charge is 0.336 e. The van der Waals surface area contributed by atoms with Crippen LogP contribution in [0.2, 0.25) is 0 Å². The third-order valence-corrected chi connectivity index (χ3v) is 6.50. The number of carbonyl (C=O) groups is 1. The molecule has 2 saturated heterocycles. The van der Waals surface area contributed by atoms with Crippen LogP contribution in [0.15, 0.2) is 59.8 Å². The Labute approximate surface area is 147 Å². The van der Waals surface area contributed by atoms with Gasteiger partial charge in [-0.05, 0) is 36.6 Å². The molecule has 128 valence electrons. The number of benzene rings is 1. The van der Waals surface area contributed by atoms with Crippen molar-refractivity contribution in [1.29, 1.82) is 0 Å². The third-order valence-electron chi connectivity index (χ3n) is 6.50. The highest BCUT2D eigenvalue weighted by molar-refractivity contribution is 5.94. The Morgan fingerprint density at radius 2 is 2.24 bits per heavy atom. The number of esters is 1. The van der Waals surface area contributed by atoms with E-state index in [1.165, 1.54) is 18.2 Å². The van der Waals surface area contributed by atoms with Gasteiger partial charge in [-0.25, -0.2) is 4.79 Å². The SMILES string of the molecule is C=C/C=C1\[C@@H]2CCN3CC[C@@]4(C(=C2C(=O)OC)Nc2ccccc24)[C@@H]13. The maximum Gasteiger partial charge on any atom is 0.336 e. The lowest BCUT2D eigenvalue weighted by Gasteiger charge is -2.49. The number of nitrogens with one attached hydrogen (secondary N) is 1. The summed E-state index contributed by atoms with van der Waals surface area (Å²) in [4.78, 5) is 15.4. The zero-order chi connectivity index (χ0) is 17.2. The molecule has 0 radical (unpaired) electrons. The predicted octanol–water partition coefficient (Wildman–Crippen LogP) is 3.00. The quantitative estimate of drug-likeness (QED) is 0.844. The Hall–Kier alpha value is -2.33. The van der Waals surface area contributed by atoms with Crippen LogP contribution in [-0.2, 0) is 14.9 Å². The van der Waals surface area contributed by atoms with Crippen molar-refractivity contribution < 1.29 is 9.53 Å². The van der Waals surface area contributed by atoms with Crippen molar-refractivity contribution in [1.82, 2.24) is 4.90 Å². The number of carbonyl (C=O) groups excluding carboxylic acids is 1. The summed E-state index contributed by atoms with van der Waals surface area (Å²) in [5.41, 5.74) is 5.51. The molecule has 4 heteroatoms. The van der Waals surface area contributed by atoms with Crippen LogP contribution in [0.5, 0.6) is 0 Å². The molecule has 2 fully saturated rings. The van der Waals surface area contributed by atoms with Crippen molar-refractivity contribution in [3.8, 4) is 0 Å². The summed E-state index contributed by atoms with van der Waals surface area (Å²) in [7, 11) is 1.48. The fourth-order valence-corrected chi connectivity index (χ4v) is 5.68. The van der Waals surface area contributed by atoms with Gasteiger partial charge in [0.25, 0.3) is 0 Å².